The van der Waals surface area contributed by atoms with Gasteiger partial charge in [-0.15, -0.1) is 0 Å². The van der Waals surface area contributed by atoms with Gasteiger partial charge in [0.25, 0.3) is 0 Å². The van der Waals surface area contributed by atoms with Crippen LogP contribution in [0.2, 0.25) is 0 Å². The van der Waals surface area contributed by atoms with Gasteiger partial charge < -0.3 is 16.8 Å². The van der Waals surface area contributed by atoms with Crippen molar-refractivity contribution in [1.82, 2.24) is 9.97 Å². The maximum absolute atomic E-state index is 5.48. The summed E-state index contributed by atoms with van der Waals surface area (Å²) in [5.41, 5.74) is 11.3. The van der Waals surface area contributed by atoms with Gasteiger partial charge >= 0.3 is 0 Å². The number of hydrogen-bond acceptors (Lipinski definition) is 5. The molecule has 0 fully saturated rings. The average molecular weight is 139 g/mol. The zero-order chi connectivity index (χ0) is 7.56. The molecule has 0 radical (unpaired) electrons. The number of nitrogens with zero attached hydrogens (tertiary/aromatic N) is 2. The summed E-state index contributed by atoms with van der Waals surface area (Å²) in [5.74, 6) is 0.867. The quantitative estimate of drug-likeness (QED) is 0.496. The van der Waals surface area contributed by atoms with Crippen LogP contribution in [0, 0.1) is 0 Å². The van der Waals surface area contributed by atoms with E-state index in [2.05, 4.69) is 15.3 Å². The van der Waals surface area contributed by atoms with Gasteiger partial charge in [0.1, 0.15) is 12.0 Å². The SMILES string of the molecule is CNc1ncnc(N)c1N. The highest BCUT2D eigenvalue weighted by Crippen LogP contribution is 2.17. The Morgan fingerprint density at radius 3 is 2.60 bits per heavy atom. The minimum Gasteiger partial charge on any atom is -0.393 e. The summed E-state index contributed by atoms with van der Waals surface area (Å²) in [6.07, 6.45) is 1.36. The van der Waals surface area contributed by atoms with Gasteiger partial charge in [0.2, 0.25) is 0 Å². The number of anilines is 3. The van der Waals surface area contributed by atoms with E-state index in [4.69, 9.17) is 11.5 Å². The summed E-state index contributed by atoms with van der Waals surface area (Å²) in [6, 6.07) is 0. The molecule has 1 rings (SSSR count). The lowest BCUT2D eigenvalue weighted by Crippen LogP contribution is -2.04. The fourth-order valence-corrected chi connectivity index (χ4v) is 0.608. The smallest absolute Gasteiger partial charge is 0.154 e. The summed E-state index contributed by atoms with van der Waals surface area (Å²) >= 11 is 0. The van der Waals surface area contributed by atoms with Crippen LogP contribution in [0.15, 0.2) is 6.33 Å². The molecule has 0 saturated heterocycles. The molecule has 5 heteroatoms. The molecule has 54 valence electrons. The van der Waals surface area contributed by atoms with Gasteiger partial charge in [-0.2, -0.15) is 0 Å². The van der Waals surface area contributed by atoms with Crippen LogP contribution in [0.25, 0.3) is 0 Å². The van der Waals surface area contributed by atoms with Gasteiger partial charge in [-0.3, -0.25) is 0 Å². The molecule has 0 atom stereocenters. The fourth-order valence-electron chi connectivity index (χ4n) is 0.608. The molecular weight excluding hydrogens is 130 g/mol. The molecule has 1 aromatic rings. The molecule has 1 heterocycles. The van der Waals surface area contributed by atoms with E-state index in [1.165, 1.54) is 6.33 Å². The van der Waals surface area contributed by atoms with Crippen LogP contribution in [0.5, 0.6) is 0 Å². The van der Waals surface area contributed by atoms with E-state index in [1.54, 1.807) is 7.05 Å². The first-order valence-corrected chi connectivity index (χ1v) is 2.79. The van der Waals surface area contributed by atoms with Crippen molar-refractivity contribution in [3.05, 3.63) is 6.33 Å². The Kier molecular flexibility index (Phi) is 1.57. The summed E-state index contributed by atoms with van der Waals surface area (Å²) in [6.45, 7) is 0. The third-order valence-electron chi connectivity index (χ3n) is 1.15. The third-order valence-corrected chi connectivity index (χ3v) is 1.15. The van der Waals surface area contributed by atoms with Crippen molar-refractivity contribution in [2.24, 2.45) is 0 Å². The van der Waals surface area contributed by atoms with E-state index in [9.17, 15) is 0 Å². The van der Waals surface area contributed by atoms with E-state index >= 15 is 0 Å². The van der Waals surface area contributed by atoms with Crippen LogP contribution < -0.4 is 16.8 Å². The Morgan fingerprint density at radius 2 is 2.10 bits per heavy atom. The Bertz CT molecular complexity index is 233. The zero-order valence-corrected chi connectivity index (χ0v) is 5.63. The van der Waals surface area contributed by atoms with E-state index in [0.29, 0.717) is 17.3 Å². The number of aromatic nitrogens is 2. The van der Waals surface area contributed by atoms with Crippen molar-refractivity contribution < 1.29 is 0 Å². The Hall–Kier alpha value is -1.52. The number of nitrogen functional groups attached to an aromatic ring is 2. The Morgan fingerprint density at radius 1 is 1.40 bits per heavy atom. The molecule has 0 unspecified atom stereocenters. The minimum absolute atomic E-state index is 0.305. The predicted octanol–water partition coefficient (Wildman–Crippen LogP) is -0.317. The molecule has 0 saturated carbocycles. The largest absolute Gasteiger partial charge is 0.393 e. The first kappa shape index (κ1) is 6.60. The van der Waals surface area contributed by atoms with Crippen molar-refractivity contribution >= 4 is 17.3 Å². The van der Waals surface area contributed by atoms with E-state index in [-0.39, 0.29) is 0 Å². The molecule has 0 aliphatic carbocycles. The first-order chi connectivity index (χ1) is 4.75. The van der Waals surface area contributed by atoms with E-state index in [1.807, 2.05) is 0 Å². The van der Waals surface area contributed by atoms with Crippen LogP contribution in [0.4, 0.5) is 17.3 Å². The van der Waals surface area contributed by atoms with Crippen LogP contribution >= 0.6 is 0 Å². The van der Waals surface area contributed by atoms with Gasteiger partial charge in [-0.1, -0.05) is 0 Å². The molecular formula is C5H9N5. The monoisotopic (exact) mass is 139 g/mol. The van der Waals surface area contributed by atoms with Crippen molar-refractivity contribution in [3.63, 3.8) is 0 Å². The highest BCUT2D eigenvalue weighted by molar-refractivity contribution is 5.71. The second-order valence-electron chi connectivity index (χ2n) is 1.77. The number of rotatable bonds is 1. The lowest BCUT2D eigenvalue weighted by molar-refractivity contribution is 1.17. The highest BCUT2D eigenvalue weighted by Gasteiger charge is 2.00. The lowest BCUT2D eigenvalue weighted by atomic mass is 10.4. The van der Waals surface area contributed by atoms with E-state index < -0.39 is 0 Å². The Balaban J connectivity index is 3.14. The normalized spacial score (nSPS) is 9.30. The zero-order valence-electron chi connectivity index (χ0n) is 5.63. The minimum atomic E-state index is 0.305. The van der Waals surface area contributed by atoms with Gasteiger partial charge in [0.05, 0.1) is 0 Å². The van der Waals surface area contributed by atoms with Crippen molar-refractivity contribution in [3.8, 4) is 0 Å². The number of hydrogen-bond donors (Lipinski definition) is 3. The third kappa shape index (κ3) is 0.928. The molecule has 0 aliphatic heterocycles. The summed E-state index contributed by atoms with van der Waals surface area (Å²) in [5, 5.41) is 2.78. The fraction of sp³-hybridized carbons (Fsp3) is 0.200. The van der Waals surface area contributed by atoms with Gasteiger partial charge in [0, 0.05) is 7.05 Å². The summed E-state index contributed by atoms with van der Waals surface area (Å²) in [4.78, 5) is 7.52. The molecule has 5 nitrogen and oxygen atoms in total. The van der Waals surface area contributed by atoms with Crippen molar-refractivity contribution in [2.45, 2.75) is 0 Å². The summed E-state index contributed by atoms with van der Waals surface area (Å²) in [7, 11) is 1.72. The predicted molar refractivity (Wildman–Crippen MR) is 40.4 cm³/mol. The van der Waals surface area contributed by atoms with Crippen LogP contribution in [-0.4, -0.2) is 17.0 Å². The summed E-state index contributed by atoms with van der Waals surface area (Å²) < 4.78 is 0. The molecule has 0 spiro atoms. The molecule has 0 amide bonds. The van der Waals surface area contributed by atoms with Crippen LogP contribution in [0.1, 0.15) is 0 Å². The van der Waals surface area contributed by atoms with Gasteiger partial charge in [-0.05, 0) is 0 Å². The molecule has 0 bridgehead atoms. The standard InChI is InChI=1S/C5H9N5/c1-8-5-3(6)4(7)9-2-10-5/h2H,6H2,1H3,(H3,7,8,9,10). The van der Waals surface area contributed by atoms with Crippen molar-refractivity contribution in [1.29, 1.82) is 0 Å². The lowest BCUT2D eigenvalue weighted by Gasteiger charge is -2.03. The molecule has 0 aliphatic rings. The maximum Gasteiger partial charge on any atom is 0.154 e. The number of nitrogens with one attached hydrogen (secondary N) is 1. The molecule has 10 heavy (non-hydrogen) atoms. The number of nitrogens with two attached hydrogens (primary N) is 2. The Labute approximate surface area is 58.5 Å². The van der Waals surface area contributed by atoms with Crippen LogP contribution in [-0.2, 0) is 0 Å². The second kappa shape index (κ2) is 2.38. The van der Waals surface area contributed by atoms with Crippen molar-refractivity contribution in [2.75, 3.05) is 23.8 Å². The van der Waals surface area contributed by atoms with Gasteiger partial charge in [-0.25, -0.2) is 9.97 Å². The second-order valence-corrected chi connectivity index (χ2v) is 1.77. The average Bonchev–Trinajstić information content (AvgIpc) is 1.95. The maximum atomic E-state index is 5.48. The topological polar surface area (TPSA) is 89.8 Å². The highest BCUT2D eigenvalue weighted by atomic mass is 15.0. The first-order valence-electron chi connectivity index (χ1n) is 2.79. The van der Waals surface area contributed by atoms with Crippen LogP contribution in [0.3, 0.4) is 0 Å². The van der Waals surface area contributed by atoms with E-state index in [0.717, 1.165) is 0 Å². The molecule has 1 aromatic heterocycles. The van der Waals surface area contributed by atoms with Gasteiger partial charge in [0.15, 0.2) is 11.6 Å². The molecule has 0 aromatic carbocycles. The molecule has 5 N–H and O–H groups in total.